The van der Waals surface area contributed by atoms with Gasteiger partial charge in [-0.25, -0.2) is 4.39 Å². The van der Waals surface area contributed by atoms with Crippen molar-refractivity contribution in [2.24, 2.45) is 5.41 Å². The fourth-order valence-electron chi connectivity index (χ4n) is 6.02. The molecule has 2 saturated heterocycles. The number of amides is 2. The van der Waals surface area contributed by atoms with Gasteiger partial charge in [0.15, 0.2) is 5.58 Å². The van der Waals surface area contributed by atoms with Gasteiger partial charge in [0.25, 0.3) is 0 Å². The topological polar surface area (TPSA) is 66.7 Å². The molecule has 3 fully saturated rings. The summed E-state index contributed by atoms with van der Waals surface area (Å²) in [7, 11) is 0. The number of halogens is 1. The predicted octanol–water partition coefficient (Wildman–Crippen LogP) is 4.64. The standard InChI is InChI=1S/C25H32FN3O3/c26-19-5-6-20-21(15-19)32-27-24(20)18-7-13-28(14-8-18)11-3-4-12-29-22(30)16-25(17-23(29)31)9-1-2-10-25/h5-6,15,18H,1-4,7-14,16-17H2. The first-order valence-electron chi connectivity index (χ1n) is 12.1. The minimum atomic E-state index is -0.305. The Bertz CT molecular complexity index is 969. The molecule has 172 valence electrons. The van der Waals surface area contributed by atoms with Crippen LogP contribution < -0.4 is 0 Å². The van der Waals surface area contributed by atoms with Crippen molar-refractivity contribution in [1.82, 2.24) is 15.0 Å². The summed E-state index contributed by atoms with van der Waals surface area (Å²) in [5.41, 5.74) is 1.45. The Kier molecular flexibility index (Phi) is 6.01. The number of carbonyl (C=O) groups is 2. The van der Waals surface area contributed by atoms with Gasteiger partial charge in [-0.05, 0) is 75.7 Å². The summed E-state index contributed by atoms with van der Waals surface area (Å²) in [6.45, 7) is 3.53. The monoisotopic (exact) mass is 441 g/mol. The van der Waals surface area contributed by atoms with E-state index < -0.39 is 0 Å². The Morgan fingerprint density at radius 1 is 1.03 bits per heavy atom. The highest BCUT2D eigenvalue weighted by molar-refractivity contribution is 5.98. The SMILES string of the molecule is O=C1CC2(CCCC2)CC(=O)N1CCCCN1CCC(c2noc3cc(F)ccc23)CC1. The van der Waals surface area contributed by atoms with Crippen molar-refractivity contribution in [2.75, 3.05) is 26.2 Å². The van der Waals surface area contributed by atoms with Crippen LogP contribution in [0.5, 0.6) is 0 Å². The Morgan fingerprint density at radius 3 is 2.44 bits per heavy atom. The van der Waals surface area contributed by atoms with Crippen molar-refractivity contribution in [3.05, 3.63) is 29.7 Å². The Balaban J connectivity index is 1.05. The van der Waals surface area contributed by atoms with Crippen molar-refractivity contribution in [2.45, 2.75) is 70.1 Å². The molecule has 7 heteroatoms. The number of fused-ring (bicyclic) bond motifs is 1. The quantitative estimate of drug-likeness (QED) is 0.483. The molecule has 1 saturated carbocycles. The molecular weight excluding hydrogens is 409 g/mol. The summed E-state index contributed by atoms with van der Waals surface area (Å²) in [5.74, 6) is 0.123. The Morgan fingerprint density at radius 2 is 1.72 bits per heavy atom. The summed E-state index contributed by atoms with van der Waals surface area (Å²) in [6, 6.07) is 4.62. The van der Waals surface area contributed by atoms with Crippen LogP contribution in [0, 0.1) is 11.2 Å². The first-order valence-corrected chi connectivity index (χ1v) is 12.1. The zero-order chi connectivity index (χ0) is 22.1. The molecule has 0 bridgehead atoms. The average Bonchev–Trinajstić information content (AvgIpc) is 3.39. The highest BCUT2D eigenvalue weighted by Gasteiger charge is 2.44. The Hall–Kier alpha value is -2.28. The lowest BCUT2D eigenvalue weighted by Gasteiger charge is -2.37. The van der Waals surface area contributed by atoms with Gasteiger partial charge in [0.05, 0.1) is 5.69 Å². The molecule has 3 aliphatic rings. The highest BCUT2D eigenvalue weighted by Crippen LogP contribution is 2.46. The second-order valence-corrected chi connectivity index (χ2v) is 10.0. The molecule has 5 rings (SSSR count). The van der Waals surface area contributed by atoms with Crippen LogP contribution in [-0.4, -0.2) is 52.9 Å². The van der Waals surface area contributed by atoms with Crippen LogP contribution in [0.15, 0.2) is 22.7 Å². The van der Waals surface area contributed by atoms with E-state index in [2.05, 4.69) is 10.1 Å². The molecule has 0 radical (unpaired) electrons. The third-order valence-electron chi connectivity index (χ3n) is 7.86. The Labute approximate surface area is 188 Å². The fourth-order valence-corrected chi connectivity index (χ4v) is 6.02. The smallest absolute Gasteiger partial charge is 0.229 e. The molecule has 32 heavy (non-hydrogen) atoms. The molecule has 6 nitrogen and oxygen atoms in total. The first-order chi connectivity index (χ1) is 15.5. The van der Waals surface area contributed by atoms with Gasteiger partial charge in [-0.3, -0.25) is 14.5 Å². The van der Waals surface area contributed by atoms with Crippen molar-refractivity contribution in [1.29, 1.82) is 0 Å². The van der Waals surface area contributed by atoms with Crippen LogP contribution >= 0.6 is 0 Å². The molecule has 3 heterocycles. The van der Waals surface area contributed by atoms with E-state index >= 15 is 0 Å². The first kappa shape index (κ1) is 21.6. The molecule has 0 N–H and O–H groups in total. The number of hydrogen-bond acceptors (Lipinski definition) is 5. The number of imide groups is 1. The number of rotatable bonds is 6. The van der Waals surface area contributed by atoms with E-state index in [0.29, 0.717) is 30.9 Å². The molecule has 0 atom stereocenters. The zero-order valence-corrected chi connectivity index (χ0v) is 18.7. The van der Waals surface area contributed by atoms with E-state index in [0.717, 1.165) is 82.1 Å². The maximum Gasteiger partial charge on any atom is 0.229 e. The average molecular weight is 442 g/mol. The number of benzene rings is 1. The highest BCUT2D eigenvalue weighted by atomic mass is 19.1. The number of likely N-dealkylation sites (tertiary alicyclic amines) is 2. The van der Waals surface area contributed by atoms with E-state index in [1.54, 1.807) is 6.07 Å². The van der Waals surface area contributed by atoms with Crippen LogP contribution in [0.25, 0.3) is 11.0 Å². The van der Waals surface area contributed by atoms with Gasteiger partial charge in [0.2, 0.25) is 11.8 Å². The third kappa shape index (κ3) is 4.32. The summed E-state index contributed by atoms with van der Waals surface area (Å²) >= 11 is 0. The van der Waals surface area contributed by atoms with E-state index in [9.17, 15) is 14.0 Å². The number of nitrogens with zero attached hydrogens (tertiary/aromatic N) is 3. The van der Waals surface area contributed by atoms with Crippen LogP contribution in [0.4, 0.5) is 4.39 Å². The van der Waals surface area contributed by atoms with Crippen LogP contribution in [0.3, 0.4) is 0 Å². The van der Waals surface area contributed by atoms with E-state index in [1.807, 2.05) is 0 Å². The van der Waals surface area contributed by atoms with E-state index in [-0.39, 0.29) is 23.0 Å². The number of carbonyl (C=O) groups excluding carboxylic acids is 2. The van der Waals surface area contributed by atoms with E-state index in [4.69, 9.17) is 4.52 Å². The van der Waals surface area contributed by atoms with E-state index in [1.165, 1.54) is 17.0 Å². The van der Waals surface area contributed by atoms with Crippen molar-refractivity contribution >= 4 is 22.8 Å². The van der Waals surface area contributed by atoms with Crippen molar-refractivity contribution in [3.63, 3.8) is 0 Å². The summed E-state index contributed by atoms with van der Waals surface area (Å²) < 4.78 is 18.7. The number of aromatic nitrogens is 1. The number of piperidine rings is 2. The third-order valence-corrected chi connectivity index (χ3v) is 7.86. The summed E-state index contributed by atoms with van der Waals surface area (Å²) in [5, 5.41) is 5.14. The lowest BCUT2D eigenvalue weighted by atomic mass is 9.76. The normalized spacial score (nSPS) is 22.5. The summed E-state index contributed by atoms with van der Waals surface area (Å²) in [4.78, 5) is 29.1. The zero-order valence-electron chi connectivity index (χ0n) is 18.7. The number of unbranched alkanes of at least 4 members (excludes halogenated alkanes) is 1. The van der Waals surface area contributed by atoms with Gasteiger partial charge in [0.1, 0.15) is 5.82 Å². The lowest BCUT2D eigenvalue weighted by Crippen LogP contribution is -2.47. The minimum absolute atomic E-state index is 0.0155. The lowest BCUT2D eigenvalue weighted by molar-refractivity contribution is -0.153. The van der Waals surface area contributed by atoms with Gasteiger partial charge in [-0.2, -0.15) is 0 Å². The largest absolute Gasteiger partial charge is 0.356 e. The van der Waals surface area contributed by atoms with Crippen LogP contribution in [0.1, 0.15) is 75.8 Å². The maximum atomic E-state index is 13.4. The van der Waals surface area contributed by atoms with Gasteiger partial charge < -0.3 is 9.42 Å². The van der Waals surface area contributed by atoms with Crippen LogP contribution in [-0.2, 0) is 9.59 Å². The predicted molar refractivity (Wildman–Crippen MR) is 118 cm³/mol. The molecule has 0 unspecified atom stereocenters. The van der Waals surface area contributed by atoms with Crippen LogP contribution in [0.2, 0.25) is 0 Å². The molecule has 1 aromatic heterocycles. The molecule has 2 aromatic rings. The molecule has 1 spiro atoms. The van der Waals surface area contributed by atoms with Gasteiger partial charge >= 0.3 is 0 Å². The molecule has 1 aromatic carbocycles. The number of hydrogen-bond donors (Lipinski definition) is 0. The van der Waals surface area contributed by atoms with Gasteiger partial charge in [-0.15, -0.1) is 0 Å². The van der Waals surface area contributed by atoms with Gasteiger partial charge in [-0.1, -0.05) is 18.0 Å². The maximum absolute atomic E-state index is 13.4. The fraction of sp³-hybridized carbons (Fsp3) is 0.640. The minimum Gasteiger partial charge on any atom is -0.356 e. The molecule has 2 aliphatic heterocycles. The van der Waals surface area contributed by atoms with Gasteiger partial charge in [0, 0.05) is 36.8 Å². The molecule has 1 aliphatic carbocycles. The van der Waals surface area contributed by atoms with Crippen molar-refractivity contribution in [3.8, 4) is 0 Å². The summed E-state index contributed by atoms with van der Waals surface area (Å²) in [6.07, 6.45) is 9.37. The van der Waals surface area contributed by atoms with Crippen molar-refractivity contribution < 1.29 is 18.5 Å². The molecule has 2 amide bonds. The second-order valence-electron chi connectivity index (χ2n) is 10.0. The molecular formula is C25H32FN3O3. The second kappa shape index (κ2) is 8.93.